The highest BCUT2D eigenvalue weighted by atomic mass is 32.2. The lowest BCUT2D eigenvalue weighted by molar-refractivity contribution is -0.0519. The number of likely N-dealkylation sites (tertiary alicyclic amines) is 1. The molecule has 0 N–H and O–H groups in total. The lowest BCUT2D eigenvalue weighted by atomic mass is 9.71. The Bertz CT molecular complexity index is 797. The first-order chi connectivity index (χ1) is 12.5. The highest BCUT2D eigenvalue weighted by Gasteiger charge is 2.48. The summed E-state index contributed by atoms with van der Waals surface area (Å²) >= 11 is 0. The first-order valence-electron chi connectivity index (χ1n) is 9.26. The van der Waals surface area contributed by atoms with Gasteiger partial charge in [0.1, 0.15) is 0 Å². The lowest BCUT2D eigenvalue weighted by Gasteiger charge is -2.56. The number of benzene rings is 2. The Labute approximate surface area is 156 Å². The van der Waals surface area contributed by atoms with E-state index in [4.69, 9.17) is 0 Å². The van der Waals surface area contributed by atoms with Gasteiger partial charge < -0.3 is 0 Å². The molecule has 5 heteroatoms. The summed E-state index contributed by atoms with van der Waals surface area (Å²) in [6.07, 6.45) is 3.25. The summed E-state index contributed by atoms with van der Waals surface area (Å²) in [5.41, 5.74) is 2.92. The third-order valence-corrected chi connectivity index (χ3v) is 7.23. The van der Waals surface area contributed by atoms with Crippen molar-refractivity contribution in [2.24, 2.45) is 5.41 Å². The number of hydrogen-bond acceptors (Lipinski definition) is 3. The summed E-state index contributed by atoms with van der Waals surface area (Å²) < 4.78 is 25.2. The third-order valence-electron chi connectivity index (χ3n) is 5.92. The van der Waals surface area contributed by atoms with Gasteiger partial charge in [-0.3, -0.25) is 4.90 Å². The normalized spacial score (nSPS) is 21.0. The molecule has 2 aliphatic rings. The zero-order valence-electron chi connectivity index (χ0n) is 15.2. The van der Waals surface area contributed by atoms with Crippen molar-refractivity contribution >= 4 is 10.0 Å². The molecule has 26 heavy (non-hydrogen) atoms. The monoisotopic (exact) mass is 370 g/mol. The van der Waals surface area contributed by atoms with E-state index < -0.39 is 10.0 Å². The minimum atomic E-state index is -3.06. The summed E-state index contributed by atoms with van der Waals surface area (Å²) in [5, 5.41) is 0. The summed E-state index contributed by atoms with van der Waals surface area (Å²) in [7, 11) is -3.06. The first-order valence-corrected chi connectivity index (χ1v) is 11.1. The molecular weight excluding hydrogens is 344 g/mol. The number of piperidine rings is 1. The van der Waals surface area contributed by atoms with Gasteiger partial charge in [-0.05, 0) is 29.4 Å². The van der Waals surface area contributed by atoms with Gasteiger partial charge in [-0.1, -0.05) is 60.7 Å². The fraction of sp³-hybridized carbons (Fsp3) is 0.429. The molecule has 2 heterocycles. The molecule has 2 aromatic rings. The maximum Gasteiger partial charge on any atom is 0.211 e. The highest BCUT2D eigenvalue weighted by molar-refractivity contribution is 7.88. The van der Waals surface area contributed by atoms with Crippen molar-refractivity contribution in [2.45, 2.75) is 18.9 Å². The predicted octanol–water partition coefficient (Wildman–Crippen LogP) is 3.13. The van der Waals surface area contributed by atoms with Gasteiger partial charge in [-0.15, -0.1) is 0 Å². The fourth-order valence-electron chi connectivity index (χ4n) is 4.49. The molecule has 2 aromatic carbocycles. The molecule has 2 saturated heterocycles. The number of nitrogens with zero attached hydrogens (tertiary/aromatic N) is 2. The van der Waals surface area contributed by atoms with Crippen molar-refractivity contribution in [3.8, 4) is 0 Å². The van der Waals surface area contributed by atoms with Gasteiger partial charge in [0, 0.05) is 26.2 Å². The maximum atomic E-state index is 11.8. The largest absolute Gasteiger partial charge is 0.291 e. The van der Waals surface area contributed by atoms with Crippen LogP contribution in [-0.4, -0.2) is 50.1 Å². The molecule has 0 amide bonds. The van der Waals surface area contributed by atoms with Crippen LogP contribution in [0.15, 0.2) is 60.7 Å². The number of sulfonamides is 1. The summed E-state index contributed by atoms with van der Waals surface area (Å²) in [5.74, 6) is 0. The molecule has 0 saturated carbocycles. The second-order valence-electron chi connectivity index (χ2n) is 7.79. The van der Waals surface area contributed by atoms with E-state index >= 15 is 0 Å². The molecule has 2 aliphatic heterocycles. The zero-order chi connectivity index (χ0) is 18.2. The molecule has 0 aromatic heterocycles. The number of hydrogen-bond donors (Lipinski definition) is 0. The van der Waals surface area contributed by atoms with Gasteiger partial charge in [-0.25, -0.2) is 12.7 Å². The van der Waals surface area contributed by atoms with Crippen molar-refractivity contribution < 1.29 is 8.42 Å². The van der Waals surface area contributed by atoms with Crippen LogP contribution in [0.25, 0.3) is 0 Å². The molecule has 138 valence electrons. The van der Waals surface area contributed by atoms with E-state index in [0.717, 1.165) is 25.9 Å². The third kappa shape index (κ3) is 3.43. The van der Waals surface area contributed by atoms with Gasteiger partial charge in [0.15, 0.2) is 0 Å². The second-order valence-corrected chi connectivity index (χ2v) is 9.77. The van der Waals surface area contributed by atoms with Crippen LogP contribution >= 0.6 is 0 Å². The fourth-order valence-corrected chi connectivity index (χ4v) is 5.34. The van der Waals surface area contributed by atoms with Crippen LogP contribution in [-0.2, 0) is 10.0 Å². The van der Waals surface area contributed by atoms with Crippen LogP contribution in [0.3, 0.4) is 0 Å². The Hall–Kier alpha value is -1.69. The SMILES string of the molecule is CS(=O)(=O)N1CCC2(CC1)CN(C(c1ccccc1)c1ccccc1)C2. The minimum absolute atomic E-state index is 0.274. The minimum Gasteiger partial charge on any atom is -0.291 e. The average molecular weight is 371 g/mol. The molecule has 1 spiro atoms. The first kappa shape index (κ1) is 17.7. The van der Waals surface area contributed by atoms with E-state index in [9.17, 15) is 8.42 Å². The smallest absolute Gasteiger partial charge is 0.211 e. The Morgan fingerprint density at radius 1 is 0.846 bits per heavy atom. The molecular formula is C21H26N2O2S. The zero-order valence-corrected chi connectivity index (χ0v) is 16.0. The van der Waals surface area contributed by atoms with Gasteiger partial charge in [0.25, 0.3) is 0 Å². The molecule has 4 rings (SSSR count). The summed E-state index contributed by atoms with van der Waals surface area (Å²) in [6, 6.07) is 21.6. The lowest BCUT2D eigenvalue weighted by Crippen LogP contribution is -2.61. The van der Waals surface area contributed by atoms with Crippen LogP contribution in [0.4, 0.5) is 0 Å². The van der Waals surface area contributed by atoms with Crippen LogP contribution < -0.4 is 0 Å². The van der Waals surface area contributed by atoms with Crippen molar-refractivity contribution in [3.63, 3.8) is 0 Å². The topological polar surface area (TPSA) is 40.6 Å². The highest BCUT2D eigenvalue weighted by Crippen LogP contribution is 2.46. The molecule has 0 atom stereocenters. The summed E-state index contributed by atoms with van der Waals surface area (Å²) in [6.45, 7) is 3.40. The van der Waals surface area contributed by atoms with E-state index in [1.807, 2.05) is 0 Å². The van der Waals surface area contributed by atoms with Crippen molar-refractivity contribution in [2.75, 3.05) is 32.4 Å². The van der Waals surface area contributed by atoms with E-state index in [2.05, 4.69) is 65.6 Å². The second kappa shape index (κ2) is 6.80. The van der Waals surface area contributed by atoms with Crippen molar-refractivity contribution in [1.29, 1.82) is 0 Å². The van der Waals surface area contributed by atoms with Crippen LogP contribution in [0.1, 0.15) is 30.0 Å². The quantitative estimate of drug-likeness (QED) is 0.830. The van der Waals surface area contributed by atoms with Crippen LogP contribution in [0.2, 0.25) is 0 Å². The van der Waals surface area contributed by atoms with Gasteiger partial charge in [0.2, 0.25) is 10.0 Å². The molecule has 0 unspecified atom stereocenters. The number of rotatable bonds is 4. The van der Waals surface area contributed by atoms with E-state index in [1.54, 1.807) is 4.31 Å². The maximum absolute atomic E-state index is 11.8. The van der Waals surface area contributed by atoms with Crippen molar-refractivity contribution in [1.82, 2.24) is 9.21 Å². The van der Waals surface area contributed by atoms with Crippen molar-refractivity contribution in [3.05, 3.63) is 71.8 Å². The van der Waals surface area contributed by atoms with Crippen LogP contribution in [0.5, 0.6) is 0 Å². The summed E-state index contributed by atoms with van der Waals surface area (Å²) in [4.78, 5) is 2.54. The van der Waals surface area contributed by atoms with E-state index in [-0.39, 0.29) is 11.5 Å². The van der Waals surface area contributed by atoms with Gasteiger partial charge >= 0.3 is 0 Å². The Morgan fingerprint density at radius 2 is 1.31 bits per heavy atom. The molecule has 4 nitrogen and oxygen atoms in total. The Balaban J connectivity index is 1.50. The van der Waals surface area contributed by atoms with E-state index in [0.29, 0.717) is 13.1 Å². The van der Waals surface area contributed by atoms with E-state index in [1.165, 1.54) is 17.4 Å². The molecule has 0 bridgehead atoms. The Kier molecular flexibility index (Phi) is 4.63. The standard InChI is InChI=1S/C21H26N2O2S/c1-26(24,25)23-14-12-21(13-15-23)16-22(17-21)20(18-8-4-2-5-9-18)19-10-6-3-7-11-19/h2-11,20H,12-17H2,1H3. The predicted molar refractivity (Wildman–Crippen MR) is 104 cm³/mol. The van der Waals surface area contributed by atoms with Gasteiger partial charge in [-0.2, -0.15) is 0 Å². The Morgan fingerprint density at radius 3 is 1.73 bits per heavy atom. The van der Waals surface area contributed by atoms with Gasteiger partial charge in [0.05, 0.1) is 12.3 Å². The van der Waals surface area contributed by atoms with Crippen LogP contribution in [0, 0.1) is 5.41 Å². The molecule has 2 fully saturated rings. The molecule has 0 radical (unpaired) electrons. The molecule has 0 aliphatic carbocycles. The average Bonchev–Trinajstić information content (AvgIpc) is 2.62.